The number of carbonyl (C=O) groups is 6. The van der Waals surface area contributed by atoms with Crippen LogP contribution in [0.15, 0.2) is 0 Å². The molecule has 0 aliphatic carbocycles. The molecular formula is C12H16N2O14Zn3. The number of carbonyl (C=O) groups excluding carboxylic acids is 6. The number of hydrogen-bond acceptors (Lipinski definition) is 16. The van der Waals surface area contributed by atoms with Crippen molar-refractivity contribution in [1.29, 1.82) is 0 Å². The Labute approximate surface area is 212 Å². The Kier molecular flexibility index (Phi) is 46.9. The van der Waals surface area contributed by atoms with Crippen LogP contribution in [0, 0.1) is 0 Å². The maximum Gasteiger partial charge on any atom is 2.00 e. The molecule has 0 fully saturated rings. The topological polar surface area (TPSA) is 333 Å². The maximum absolute atomic E-state index is 9.58. The number of carboxylic acid groups (broad SMARTS) is 6. The molecule has 16 nitrogen and oxygen atoms in total. The van der Waals surface area contributed by atoms with Gasteiger partial charge in [0.1, 0.15) is 0 Å². The summed E-state index contributed by atoms with van der Waals surface area (Å²) in [4.78, 5) is 56.5. The standard InChI is InChI=1S/2C4H6O5.2C2H5NO2.3Zn/c2*5-2(4(8)9)1-3(6)7;2*3-1-2(4)5;;;/h2*2,5H,1H2,(H,6,7)(H,8,9);2*1,3H2,(H,4,5);;;/q;;;;3*+2/p-6. The van der Waals surface area contributed by atoms with Crippen molar-refractivity contribution in [2.45, 2.75) is 25.0 Å². The van der Waals surface area contributed by atoms with E-state index in [0.29, 0.717) is 0 Å². The van der Waals surface area contributed by atoms with E-state index >= 15 is 0 Å². The SMILES string of the molecule is NCC(=O)[O-].NCC(=O)[O-].O=C([O-])CC(O)C(=O)[O-].O=C([O-])CC(O)C(=O)[O-].[Zn+2].[Zn+2].[Zn+2]. The molecule has 0 aliphatic rings. The molecule has 6 N–H and O–H groups in total. The van der Waals surface area contributed by atoms with Crippen molar-refractivity contribution in [3.8, 4) is 0 Å². The van der Waals surface area contributed by atoms with E-state index in [1.54, 1.807) is 0 Å². The number of hydrogen-bond donors (Lipinski definition) is 4. The fourth-order valence-corrected chi connectivity index (χ4v) is 0.482. The Balaban J connectivity index is -0.0000000497. The van der Waals surface area contributed by atoms with Crippen LogP contribution in [-0.4, -0.2) is 71.3 Å². The molecule has 0 aromatic heterocycles. The summed E-state index contributed by atoms with van der Waals surface area (Å²) in [7, 11) is 0. The fourth-order valence-electron chi connectivity index (χ4n) is 0.482. The first-order chi connectivity index (χ1) is 12.6. The third kappa shape index (κ3) is 58.5. The molecule has 0 bridgehead atoms. The van der Waals surface area contributed by atoms with Crippen molar-refractivity contribution in [3.05, 3.63) is 0 Å². The first kappa shape index (κ1) is 47.4. The molecule has 0 aromatic rings. The minimum Gasteiger partial charge on any atom is -0.550 e. The third-order valence-electron chi connectivity index (χ3n) is 1.60. The van der Waals surface area contributed by atoms with E-state index in [0.717, 1.165) is 0 Å². The average Bonchev–Trinajstić information content (AvgIpc) is 2.55. The van der Waals surface area contributed by atoms with Gasteiger partial charge in [-0.2, -0.15) is 0 Å². The van der Waals surface area contributed by atoms with Gasteiger partial charge < -0.3 is 81.1 Å². The van der Waals surface area contributed by atoms with Crippen LogP contribution in [0.4, 0.5) is 0 Å². The van der Waals surface area contributed by atoms with Crippen LogP contribution in [-0.2, 0) is 87.2 Å². The molecule has 164 valence electrons. The molecule has 0 aliphatic heterocycles. The molecule has 0 saturated heterocycles. The van der Waals surface area contributed by atoms with E-state index in [1.165, 1.54) is 0 Å². The molecule has 2 atom stereocenters. The number of nitrogens with two attached hydrogens (primary N) is 2. The van der Waals surface area contributed by atoms with Crippen LogP contribution < -0.4 is 42.1 Å². The first-order valence-corrected chi connectivity index (χ1v) is 6.59. The van der Waals surface area contributed by atoms with E-state index in [-0.39, 0.29) is 71.5 Å². The first-order valence-electron chi connectivity index (χ1n) is 6.59. The van der Waals surface area contributed by atoms with Crippen molar-refractivity contribution in [2.75, 3.05) is 13.1 Å². The summed E-state index contributed by atoms with van der Waals surface area (Å²) in [6, 6.07) is 0. The van der Waals surface area contributed by atoms with Crippen molar-refractivity contribution in [1.82, 2.24) is 0 Å². The minimum atomic E-state index is -1.96. The zero-order chi connectivity index (χ0) is 23.4. The van der Waals surface area contributed by atoms with Crippen LogP contribution in [0.5, 0.6) is 0 Å². The van der Waals surface area contributed by atoms with E-state index < -0.39 is 60.9 Å². The Morgan fingerprint density at radius 3 is 0.742 bits per heavy atom. The van der Waals surface area contributed by atoms with E-state index in [9.17, 15) is 39.6 Å². The molecule has 0 rings (SSSR count). The number of aliphatic carboxylic acids is 6. The average molecular weight is 608 g/mol. The predicted molar refractivity (Wildman–Crippen MR) is 69.4 cm³/mol. The maximum atomic E-state index is 9.58. The molecule has 0 heterocycles. The monoisotopic (exact) mass is 604 g/mol. The van der Waals surface area contributed by atoms with Crippen molar-refractivity contribution in [2.24, 2.45) is 11.5 Å². The van der Waals surface area contributed by atoms with Gasteiger partial charge in [-0.15, -0.1) is 0 Å². The number of rotatable bonds is 8. The van der Waals surface area contributed by atoms with Gasteiger partial charge in [-0.25, -0.2) is 0 Å². The predicted octanol–water partition coefficient (Wildman–Crippen LogP) is -12.1. The number of aliphatic hydroxyl groups excluding tert-OH is 2. The molecule has 0 spiro atoms. The zero-order valence-electron chi connectivity index (χ0n) is 16.1. The van der Waals surface area contributed by atoms with Crippen LogP contribution in [0.2, 0.25) is 0 Å². The molecule has 31 heavy (non-hydrogen) atoms. The van der Waals surface area contributed by atoms with Crippen molar-refractivity contribution in [3.63, 3.8) is 0 Å². The van der Waals surface area contributed by atoms with Crippen molar-refractivity contribution < 1.29 is 128 Å². The van der Waals surface area contributed by atoms with E-state index in [1.807, 2.05) is 0 Å². The minimum absolute atomic E-state index is 0. The second kappa shape index (κ2) is 30.7. The Hall–Kier alpha value is -1.47. The van der Waals surface area contributed by atoms with Gasteiger partial charge in [0.2, 0.25) is 0 Å². The van der Waals surface area contributed by atoms with Crippen molar-refractivity contribution >= 4 is 35.8 Å². The largest absolute Gasteiger partial charge is 2.00 e. The molecule has 0 saturated carbocycles. The molecule has 0 amide bonds. The summed E-state index contributed by atoms with van der Waals surface area (Å²) in [6.07, 6.45) is -5.78. The second-order valence-electron chi connectivity index (χ2n) is 3.97. The molecule has 0 aromatic carbocycles. The summed E-state index contributed by atoms with van der Waals surface area (Å²) in [6.45, 7) is -0.778. The number of carboxylic acids is 6. The molecule has 0 radical (unpaired) electrons. The van der Waals surface area contributed by atoms with Gasteiger partial charge in [-0.1, -0.05) is 0 Å². The van der Waals surface area contributed by atoms with Gasteiger partial charge in [0, 0.05) is 37.9 Å². The number of aliphatic hydroxyl groups is 2. The summed E-state index contributed by atoms with van der Waals surface area (Å²) in [5.41, 5.74) is 9.02. The van der Waals surface area contributed by atoms with Crippen LogP contribution in [0.3, 0.4) is 0 Å². The van der Waals surface area contributed by atoms with E-state index in [4.69, 9.17) is 30.0 Å². The third-order valence-corrected chi connectivity index (χ3v) is 1.60. The van der Waals surface area contributed by atoms with Crippen LogP contribution >= 0.6 is 0 Å². The molecule has 19 heteroatoms. The summed E-state index contributed by atoms with van der Waals surface area (Å²) in [5.74, 6) is -9.29. The van der Waals surface area contributed by atoms with Gasteiger partial charge in [-0.05, 0) is 0 Å². The van der Waals surface area contributed by atoms with Gasteiger partial charge in [0.05, 0.1) is 36.1 Å². The summed E-state index contributed by atoms with van der Waals surface area (Å²) in [5, 5.41) is 73.0. The Bertz CT molecular complexity index is 489. The van der Waals surface area contributed by atoms with Gasteiger partial charge in [0.25, 0.3) is 0 Å². The second-order valence-corrected chi connectivity index (χ2v) is 3.97. The fraction of sp³-hybridized carbons (Fsp3) is 0.500. The zero-order valence-corrected chi connectivity index (χ0v) is 25.0. The Morgan fingerprint density at radius 2 is 0.710 bits per heavy atom. The van der Waals surface area contributed by atoms with Gasteiger partial charge >= 0.3 is 58.4 Å². The Morgan fingerprint density at radius 1 is 0.548 bits per heavy atom. The molecule has 2 unspecified atom stereocenters. The van der Waals surface area contributed by atoms with Crippen LogP contribution in [0.1, 0.15) is 12.8 Å². The van der Waals surface area contributed by atoms with Crippen LogP contribution in [0.25, 0.3) is 0 Å². The normalized spacial score (nSPS) is 9.68. The quantitative estimate of drug-likeness (QED) is 0.186. The summed E-state index contributed by atoms with van der Waals surface area (Å²) >= 11 is 0. The van der Waals surface area contributed by atoms with Gasteiger partial charge in [-0.3, -0.25) is 0 Å². The summed E-state index contributed by atoms with van der Waals surface area (Å²) < 4.78 is 0. The molecular weight excluding hydrogens is 592 g/mol. The van der Waals surface area contributed by atoms with E-state index in [2.05, 4.69) is 11.5 Å². The smallest absolute Gasteiger partial charge is 0.550 e. The van der Waals surface area contributed by atoms with Gasteiger partial charge in [0.15, 0.2) is 0 Å².